The molecule has 0 radical (unpaired) electrons. The second kappa shape index (κ2) is 4.93. The third-order valence-electron chi connectivity index (χ3n) is 2.59. The summed E-state index contributed by atoms with van der Waals surface area (Å²) < 4.78 is 28.0. The number of hydrogen-bond donors (Lipinski definition) is 2. The zero-order chi connectivity index (χ0) is 14.9. The van der Waals surface area contributed by atoms with E-state index in [1.54, 1.807) is 18.5 Å². The predicted octanol–water partition coefficient (Wildman–Crippen LogP) is 0.623. The van der Waals surface area contributed by atoms with Crippen LogP contribution in [-0.2, 0) is 17.1 Å². The van der Waals surface area contributed by atoms with Crippen LogP contribution in [0.1, 0.15) is 16.3 Å². The van der Waals surface area contributed by atoms with Gasteiger partial charge in [0.1, 0.15) is 11.5 Å². The summed E-state index contributed by atoms with van der Waals surface area (Å²) in [5.41, 5.74) is -0.136. The Balaban J connectivity index is 2.33. The Bertz CT molecular complexity index is 747. The second-order valence-corrected chi connectivity index (χ2v) is 5.71. The van der Waals surface area contributed by atoms with Crippen LogP contribution in [0, 0.1) is 6.92 Å². The Morgan fingerprint density at radius 2 is 2.15 bits per heavy atom. The molecule has 20 heavy (non-hydrogen) atoms. The van der Waals surface area contributed by atoms with E-state index < -0.39 is 16.0 Å². The first-order valence-electron chi connectivity index (χ1n) is 5.52. The maximum Gasteiger partial charge on any atom is 0.354 e. The first kappa shape index (κ1) is 14.0. The molecule has 0 aliphatic carbocycles. The first-order valence-corrected chi connectivity index (χ1v) is 7.00. The van der Waals surface area contributed by atoms with Crippen molar-refractivity contribution in [3.05, 3.63) is 36.0 Å². The fraction of sp³-hybridized carbons (Fsp3) is 0.182. The van der Waals surface area contributed by atoms with Crippen LogP contribution in [0.5, 0.6) is 0 Å². The van der Waals surface area contributed by atoms with Crippen LogP contribution in [0.25, 0.3) is 0 Å². The summed E-state index contributed by atoms with van der Waals surface area (Å²) in [6.07, 6.45) is 2.59. The van der Waals surface area contributed by atoms with Crippen molar-refractivity contribution in [2.45, 2.75) is 11.9 Å². The number of nitrogens with zero attached hydrogens (tertiary/aromatic N) is 3. The summed E-state index contributed by atoms with van der Waals surface area (Å²) in [7, 11) is -2.18. The van der Waals surface area contributed by atoms with Gasteiger partial charge in [0.05, 0.1) is 5.69 Å². The van der Waals surface area contributed by atoms with Gasteiger partial charge in [-0.1, -0.05) is 0 Å². The van der Waals surface area contributed by atoms with Crippen molar-refractivity contribution in [3.8, 4) is 0 Å². The van der Waals surface area contributed by atoms with Crippen molar-refractivity contribution in [2.24, 2.45) is 7.05 Å². The number of anilines is 1. The molecule has 2 rings (SSSR count). The lowest BCUT2D eigenvalue weighted by molar-refractivity contribution is 0.0690. The lowest BCUT2D eigenvalue weighted by Crippen LogP contribution is -2.14. The Morgan fingerprint density at radius 3 is 2.70 bits per heavy atom. The number of carboxylic acids is 1. The number of hydrogen-bond acceptors (Lipinski definition) is 5. The van der Waals surface area contributed by atoms with Crippen molar-refractivity contribution in [2.75, 3.05) is 4.72 Å². The van der Waals surface area contributed by atoms with E-state index in [0.717, 1.165) is 6.07 Å². The molecule has 0 aliphatic rings. The molecule has 0 unspecified atom stereocenters. The number of imidazole rings is 1. The van der Waals surface area contributed by atoms with Crippen LogP contribution >= 0.6 is 0 Å². The third-order valence-corrected chi connectivity index (χ3v) is 3.84. The zero-order valence-electron chi connectivity index (χ0n) is 10.7. The predicted molar refractivity (Wildman–Crippen MR) is 69.9 cm³/mol. The Kier molecular flexibility index (Phi) is 3.45. The van der Waals surface area contributed by atoms with Crippen LogP contribution in [-0.4, -0.2) is 34.0 Å². The summed E-state index contributed by atoms with van der Waals surface area (Å²) in [4.78, 5) is 18.3. The summed E-state index contributed by atoms with van der Waals surface area (Å²) in [6, 6.07) is 2.50. The molecule has 0 amide bonds. The molecule has 0 saturated carbocycles. The van der Waals surface area contributed by atoms with E-state index in [9.17, 15) is 13.2 Å². The number of carboxylic acid groups (broad SMARTS) is 1. The summed E-state index contributed by atoms with van der Waals surface area (Å²) in [6.45, 7) is 1.67. The van der Waals surface area contributed by atoms with Crippen LogP contribution in [0.3, 0.4) is 0 Å². The molecule has 8 nitrogen and oxygen atoms in total. The molecule has 0 spiro atoms. The third kappa shape index (κ3) is 2.77. The highest BCUT2D eigenvalue weighted by Gasteiger charge is 2.19. The molecule has 2 aromatic heterocycles. The topological polar surface area (TPSA) is 114 Å². The number of rotatable bonds is 4. The highest BCUT2D eigenvalue weighted by atomic mass is 32.2. The molecule has 0 saturated heterocycles. The summed E-state index contributed by atoms with van der Waals surface area (Å²) in [5.74, 6) is -0.689. The molecule has 0 atom stereocenters. The fourth-order valence-corrected chi connectivity index (χ4v) is 2.57. The number of aryl methyl sites for hydroxylation is 2. The molecule has 106 valence electrons. The van der Waals surface area contributed by atoms with E-state index >= 15 is 0 Å². The van der Waals surface area contributed by atoms with Crippen molar-refractivity contribution >= 4 is 21.7 Å². The number of carbonyl (C=O) groups is 1. The SMILES string of the molecule is Cc1nc(S(=O)(=O)Nc2ccnc(C(=O)O)c2)cn1C. The Hall–Kier alpha value is -2.42. The van der Waals surface area contributed by atoms with E-state index in [-0.39, 0.29) is 16.4 Å². The minimum absolute atomic E-state index is 0.112. The van der Waals surface area contributed by atoms with Crippen molar-refractivity contribution in [1.82, 2.24) is 14.5 Å². The van der Waals surface area contributed by atoms with Gasteiger partial charge in [0.2, 0.25) is 0 Å². The molecule has 0 fully saturated rings. The Labute approximate surface area is 115 Å². The summed E-state index contributed by atoms with van der Waals surface area (Å²) >= 11 is 0. The minimum Gasteiger partial charge on any atom is -0.477 e. The lowest BCUT2D eigenvalue weighted by atomic mass is 10.3. The highest BCUT2D eigenvalue weighted by Crippen LogP contribution is 2.15. The number of pyridine rings is 1. The smallest absolute Gasteiger partial charge is 0.354 e. The molecule has 2 aromatic rings. The van der Waals surface area contributed by atoms with Gasteiger partial charge >= 0.3 is 5.97 Å². The Morgan fingerprint density at radius 1 is 1.45 bits per heavy atom. The van der Waals surface area contributed by atoms with Gasteiger partial charge in [-0.25, -0.2) is 14.8 Å². The molecular formula is C11H12N4O4S. The number of nitrogens with one attached hydrogen (secondary N) is 1. The lowest BCUT2D eigenvalue weighted by Gasteiger charge is -2.05. The number of aromatic carboxylic acids is 1. The monoisotopic (exact) mass is 296 g/mol. The molecule has 2 N–H and O–H groups in total. The molecule has 0 aromatic carbocycles. The molecule has 0 aliphatic heterocycles. The normalized spacial score (nSPS) is 11.3. The van der Waals surface area contributed by atoms with E-state index in [1.807, 2.05) is 0 Å². The highest BCUT2D eigenvalue weighted by molar-refractivity contribution is 7.92. The fourth-order valence-electron chi connectivity index (χ4n) is 1.47. The van der Waals surface area contributed by atoms with Crippen molar-refractivity contribution < 1.29 is 18.3 Å². The zero-order valence-corrected chi connectivity index (χ0v) is 11.5. The van der Waals surface area contributed by atoms with E-state index in [2.05, 4.69) is 14.7 Å². The maximum atomic E-state index is 12.1. The average Bonchev–Trinajstić information content (AvgIpc) is 2.70. The molecule has 2 heterocycles. The van der Waals surface area contributed by atoms with Crippen LogP contribution < -0.4 is 4.72 Å². The van der Waals surface area contributed by atoms with Gasteiger partial charge in [0.25, 0.3) is 10.0 Å². The van der Waals surface area contributed by atoms with Crippen molar-refractivity contribution in [1.29, 1.82) is 0 Å². The van der Waals surface area contributed by atoms with Gasteiger partial charge in [-0.05, 0) is 19.1 Å². The van der Waals surface area contributed by atoms with E-state index in [4.69, 9.17) is 5.11 Å². The van der Waals surface area contributed by atoms with Crippen LogP contribution in [0.4, 0.5) is 5.69 Å². The van der Waals surface area contributed by atoms with E-state index in [0.29, 0.717) is 5.82 Å². The summed E-state index contributed by atoms with van der Waals surface area (Å²) in [5, 5.41) is 8.68. The quantitative estimate of drug-likeness (QED) is 0.855. The van der Waals surface area contributed by atoms with E-state index in [1.165, 1.54) is 18.5 Å². The van der Waals surface area contributed by atoms with Crippen molar-refractivity contribution in [3.63, 3.8) is 0 Å². The average molecular weight is 296 g/mol. The number of sulfonamides is 1. The van der Waals surface area contributed by atoms with Gasteiger partial charge in [0, 0.05) is 19.4 Å². The van der Waals surface area contributed by atoms with Crippen LogP contribution in [0.2, 0.25) is 0 Å². The molecular weight excluding hydrogens is 284 g/mol. The van der Waals surface area contributed by atoms with Gasteiger partial charge in [-0.15, -0.1) is 0 Å². The van der Waals surface area contributed by atoms with Gasteiger partial charge < -0.3 is 9.67 Å². The van der Waals surface area contributed by atoms with Gasteiger partial charge in [0.15, 0.2) is 5.03 Å². The van der Waals surface area contributed by atoms with Gasteiger partial charge in [-0.3, -0.25) is 4.72 Å². The number of aromatic nitrogens is 3. The maximum absolute atomic E-state index is 12.1. The van der Waals surface area contributed by atoms with Crippen LogP contribution in [0.15, 0.2) is 29.6 Å². The minimum atomic E-state index is -3.86. The second-order valence-electron chi connectivity index (χ2n) is 4.08. The largest absolute Gasteiger partial charge is 0.477 e. The molecule has 9 heteroatoms. The van der Waals surface area contributed by atoms with Gasteiger partial charge in [-0.2, -0.15) is 8.42 Å². The first-order chi connectivity index (χ1) is 9.29. The standard InChI is InChI=1S/C11H12N4O4S/c1-7-13-10(6-15(7)2)20(18,19)14-8-3-4-12-9(5-8)11(16)17/h3-6H,1-2H3,(H,12,14)(H,16,17). The molecule has 0 bridgehead atoms.